The van der Waals surface area contributed by atoms with Crippen molar-refractivity contribution in [1.29, 1.82) is 0 Å². The van der Waals surface area contributed by atoms with Crippen molar-refractivity contribution in [3.8, 4) is 0 Å². The van der Waals surface area contributed by atoms with Crippen molar-refractivity contribution in [1.82, 2.24) is 5.32 Å². The maximum absolute atomic E-state index is 13.8. The van der Waals surface area contributed by atoms with E-state index < -0.39 is 0 Å². The second-order valence-corrected chi connectivity index (χ2v) is 4.73. The molecule has 0 amide bonds. The van der Waals surface area contributed by atoms with Crippen LogP contribution in [-0.4, -0.2) is 33.9 Å². The van der Waals surface area contributed by atoms with Crippen molar-refractivity contribution in [3.63, 3.8) is 0 Å². The van der Waals surface area contributed by atoms with Crippen LogP contribution in [0.25, 0.3) is 0 Å². The van der Waals surface area contributed by atoms with E-state index in [4.69, 9.17) is 4.74 Å². The maximum Gasteiger partial charge on any atom is 0.146 e. The van der Waals surface area contributed by atoms with Crippen LogP contribution in [0.4, 0.5) is 10.1 Å². The summed E-state index contributed by atoms with van der Waals surface area (Å²) in [6.07, 6.45) is 2.19. The minimum absolute atomic E-state index is 0.153. The number of hydrogen-bond acceptors (Lipinski definition) is 3. The van der Waals surface area contributed by atoms with E-state index >= 15 is 0 Å². The topological polar surface area (TPSA) is 24.5 Å². The van der Waals surface area contributed by atoms with E-state index in [-0.39, 0.29) is 5.82 Å². The Bertz CT molecular complexity index is 371. The van der Waals surface area contributed by atoms with Crippen molar-refractivity contribution >= 4 is 5.69 Å². The van der Waals surface area contributed by atoms with Gasteiger partial charge in [0.25, 0.3) is 0 Å². The highest BCUT2D eigenvalue weighted by Gasteiger charge is 2.08. The molecule has 0 heterocycles. The fourth-order valence-electron chi connectivity index (χ4n) is 1.88. The molecule has 0 bridgehead atoms. The average molecular weight is 268 g/mol. The lowest BCUT2D eigenvalue weighted by molar-refractivity contribution is 0.199. The van der Waals surface area contributed by atoms with E-state index in [2.05, 4.69) is 12.2 Å². The van der Waals surface area contributed by atoms with Crippen LogP contribution < -0.4 is 10.2 Å². The van der Waals surface area contributed by atoms with Crippen LogP contribution >= 0.6 is 0 Å². The van der Waals surface area contributed by atoms with Gasteiger partial charge in [-0.15, -0.1) is 0 Å². The molecule has 0 saturated carbocycles. The van der Waals surface area contributed by atoms with E-state index in [1.165, 1.54) is 0 Å². The summed E-state index contributed by atoms with van der Waals surface area (Å²) in [5.41, 5.74) is 1.77. The monoisotopic (exact) mass is 268 g/mol. The predicted molar refractivity (Wildman–Crippen MR) is 78.2 cm³/mol. The van der Waals surface area contributed by atoms with Gasteiger partial charge >= 0.3 is 0 Å². The average Bonchev–Trinajstić information content (AvgIpc) is 2.42. The molecule has 1 rings (SSSR count). The number of anilines is 1. The fraction of sp³-hybridized carbons (Fsp3) is 0.600. The quantitative estimate of drug-likeness (QED) is 0.697. The molecule has 1 aromatic carbocycles. The highest BCUT2D eigenvalue weighted by atomic mass is 19.1. The second kappa shape index (κ2) is 8.88. The number of benzene rings is 1. The van der Waals surface area contributed by atoms with Crippen molar-refractivity contribution in [2.75, 3.05) is 38.8 Å². The molecule has 0 saturated heterocycles. The molecular weight excluding hydrogens is 243 g/mol. The molecule has 0 spiro atoms. The zero-order chi connectivity index (χ0) is 14.1. The number of methoxy groups -OCH3 is 1. The maximum atomic E-state index is 13.8. The van der Waals surface area contributed by atoms with Crippen molar-refractivity contribution in [2.24, 2.45) is 0 Å². The fourth-order valence-corrected chi connectivity index (χ4v) is 1.88. The van der Waals surface area contributed by atoms with Gasteiger partial charge in [0.1, 0.15) is 5.82 Å². The standard InChI is InChI=1S/C15H25FN2O/c1-4-5-9-18(2)15-11-13(6-7-14(15)16)12-17-8-10-19-3/h6-7,11,17H,4-5,8-10,12H2,1-3H3. The summed E-state index contributed by atoms with van der Waals surface area (Å²) in [4.78, 5) is 1.98. The van der Waals surface area contributed by atoms with E-state index in [0.29, 0.717) is 12.3 Å². The molecular formula is C15H25FN2O. The molecule has 0 aliphatic carbocycles. The Hall–Kier alpha value is -1.13. The molecule has 0 aliphatic rings. The normalized spacial score (nSPS) is 10.7. The smallest absolute Gasteiger partial charge is 0.146 e. The van der Waals surface area contributed by atoms with Crippen LogP contribution in [0.3, 0.4) is 0 Å². The molecule has 0 aliphatic heterocycles. The molecule has 0 atom stereocenters. The second-order valence-electron chi connectivity index (χ2n) is 4.73. The Balaban J connectivity index is 2.60. The van der Waals surface area contributed by atoms with Crippen LogP contribution in [-0.2, 0) is 11.3 Å². The summed E-state index contributed by atoms with van der Waals surface area (Å²) < 4.78 is 18.8. The highest BCUT2D eigenvalue weighted by Crippen LogP contribution is 2.20. The first-order valence-corrected chi connectivity index (χ1v) is 6.88. The van der Waals surface area contributed by atoms with Crippen LogP contribution in [0.2, 0.25) is 0 Å². The van der Waals surface area contributed by atoms with Crippen molar-refractivity contribution < 1.29 is 9.13 Å². The molecule has 1 aromatic rings. The van der Waals surface area contributed by atoms with Gasteiger partial charge in [0, 0.05) is 33.8 Å². The molecule has 0 aromatic heterocycles. The van der Waals surface area contributed by atoms with E-state index in [1.54, 1.807) is 13.2 Å². The van der Waals surface area contributed by atoms with Crippen LogP contribution in [0.15, 0.2) is 18.2 Å². The van der Waals surface area contributed by atoms with Gasteiger partial charge in [-0.05, 0) is 24.1 Å². The van der Waals surface area contributed by atoms with Gasteiger partial charge in [-0.3, -0.25) is 0 Å². The summed E-state index contributed by atoms with van der Waals surface area (Å²) >= 11 is 0. The molecule has 19 heavy (non-hydrogen) atoms. The summed E-state index contributed by atoms with van der Waals surface area (Å²) in [6, 6.07) is 5.29. The Morgan fingerprint density at radius 2 is 2.16 bits per heavy atom. The van der Waals surface area contributed by atoms with Crippen LogP contribution in [0.1, 0.15) is 25.3 Å². The van der Waals surface area contributed by atoms with Crippen LogP contribution in [0.5, 0.6) is 0 Å². The molecule has 0 unspecified atom stereocenters. The lowest BCUT2D eigenvalue weighted by Crippen LogP contribution is -2.21. The summed E-state index contributed by atoms with van der Waals surface area (Å²) in [7, 11) is 3.62. The lowest BCUT2D eigenvalue weighted by Gasteiger charge is -2.20. The number of nitrogens with zero attached hydrogens (tertiary/aromatic N) is 1. The molecule has 1 N–H and O–H groups in total. The highest BCUT2D eigenvalue weighted by molar-refractivity contribution is 5.49. The first-order chi connectivity index (χ1) is 9.19. The predicted octanol–water partition coefficient (Wildman–Crippen LogP) is 2.80. The molecule has 3 nitrogen and oxygen atoms in total. The third-order valence-electron chi connectivity index (χ3n) is 3.08. The van der Waals surface area contributed by atoms with Gasteiger partial charge in [0.05, 0.1) is 12.3 Å². The number of nitrogens with one attached hydrogen (secondary N) is 1. The Labute approximate surface area is 115 Å². The third-order valence-corrected chi connectivity index (χ3v) is 3.08. The van der Waals surface area contributed by atoms with E-state index in [0.717, 1.165) is 38.0 Å². The van der Waals surface area contributed by atoms with E-state index in [9.17, 15) is 4.39 Å². The van der Waals surface area contributed by atoms with Crippen LogP contribution in [0, 0.1) is 5.82 Å². The van der Waals surface area contributed by atoms with Gasteiger partial charge in [-0.25, -0.2) is 4.39 Å². The number of hydrogen-bond donors (Lipinski definition) is 1. The lowest BCUT2D eigenvalue weighted by atomic mass is 10.1. The number of halogens is 1. The molecule has 0 radical (unpaired) electrons. The Morgan fingerprint density at radius 1 is 1.37 bits per heavy atom. The third kappa shape index (κ3) is 5.57. The minimum atomic E-state index is -0.153. The largest absolute Gasteiger partial charge is 0.383 e. The van der Waals surface area contributed by atoms with Gasteiger partial charge in [-0.1, -0.05) is 19.4 Å². The first kappa shape index (κ1) is 15.9. The Morgan fingerprint density at radius 3 is 2.84 bits per heavy atom. The Kier molecular flexibility index (Phi) is 7.45. The van der Waals surface area contributed by atoms with Gasteiger partial charge < -0.3 is 15.0 Å². The summed E-state index contributed by atoms with van der Waals surface area (Å²) in [5.74, 6) is -0.153. The summed E-state index contributed by atoms with van der Waals surface area (Å²) in [6.45, 7) is 5.24. The molecule has 0 fully saturated rings. The zero-order valence-electron chi connectivity index (χ0n) is 12.2. The number of unbranched alkanes of at least 4 members (excludes halogenated alkanes) is 1. The number of ether oxygens (including phenoxy) is 1. The van der Waals surface area contributed by atoms with Crippen molar-refractivity contribution in [2.45, 2.75) is 26.3 Å². The molecule has 4 heteroatoms. The van der Waals surface area contributed by atoms with Gasteiger partial charge in [0.15, 0.2) is 0 Å². The number of rotatable bonds is 9. The SMILES string of the molecule is CCCCN(C)c1cc(CNCCOC)ccc1F. The first-order valence-electron chi connectivity index (χ1n) is 6.88. The van der Waals surface area contributed by atoms with Gasteiger partial charge in [0.2, 0.25) is 0 Å². The minimum Gasteiger partial charge on any atom is -0.383 e. The van der Waals surface area contributed by atoms with E-state index in [1.807, 2.05) is 24.1 Å². The zero-order valence-corrected chi connectivity index (χ0v) is 12.2. The van der Waals surface area contributed by atoms with Gasteiger partial charge in [-0.2, -0.15) is 0 Å². The molecule has 108 valence electrons. The summed E-state index contributed by atoms with van der Waals surface area (Å²) in [5, 5.41) is 3.27. The van der Waals surface area contributed by atoms with Crippen molar-refractivity contribution in [3.05, 3.63) is 29.6 Å².